The summed E-state index contributed by atoms with van der Waals surface area (Å²) in [6.07, 6.45) is 0. The summed E-state index contributed by atoms with van der Waals surface area (Å²) < 4.78 is 0.751. The molecule has 0 amide bonds. The van der Waals surface area contributed by atoms with Gasteiger partial charge in [-0.25, -0.2) is 0 Å². The van der Waals surface area contributed by atoms with Crippen LogP contribution in [0.4, 0.5) is 5.69 Å². The number of aryl methyl sites for hydroxylation is 1. The van der Waals surface area contributed by atoms with Crippen molar-refractivity contribution < 1.29 is 4.92 Å². The number of benzene rings is 2. The van der Waals surface area contributed by atoms with Gasteiger partial charge in [-0.3, -0.25) is 10.1 Å². The molecule has 0 bridgehead atoms. The molecule has 0 fully saturated rings. The predicted octanol–water partition coefficient (Wildman–Crippen LogP) is 4.52. The molecule has 2 aromatic rings. The third-order valence-corrected chi connectivity index (χ3v) is 4.24. The third kappa shape index (κ3) is 3.89. The van der Waals surface area contributed by atoms with Crippen molar-refractivity contribution in [1.29, 1.82) is 0 Å². The first kappa shape index (κ1) is 15.7. The van der Waals surface area contributed by atoms with Crippen molar-refractivity contribution in [2.24, 2.45) is 0 Å². The molecule has 0 aromatic heterocycles. The van der Waals surface area contributed by atoms with Gasteiger partial charge in [0.05, 0.1) is 4.92 Å². The monoisotopic (exact) mass is 348 g/mol. The summed E-state index contributed by atoms with van der Waals surface area (Å²) in [6.45, 7) is 4.85. The minimum absolute atomic E-state index is 0.0950. The zero-order chi connectivity index (χ0) is 15.4. The molecule has 0 aliphatic carbocycles. The number of rotatable bonds is 5. The van der Waals surface area contributed by atoms with E-state index in [0.717, 1.165) is 10.0 Å². The highest BCUT2D eigenvalue weighted by molar-refractivity contribution is 9.10. The Balaban J connectivity index is 2.06. The lowest BCUT2D eigenvalue weighted by atomic mass is 10.0. The van der Waals surface area contributed by atoms with Crippen LogP contribution < -0.4 is 5.32 Å². The molecule has 0 saturated heterocycles. The SMILES string of the molecule is Cc1ccccc1[C@@H](C)NCc1ccc([N+](=O)[O-])cc1Br. The molecule has 0 unspecified atom stereocenters. The zero-order valence-electron chi connectivity index (χ0n) is 12.0. The molecule has 4 nitrogen and oxygen atoms in total. The first-order chi connectivity index (χ1) is 9.99. The van der Waals surface area contributed by atoms with E-state index in [-0.39, 0.29) is 11.7 Å². The van der Waals surface area contributed by atoms with E-state index in [9.17, 15) is 10.1 Å². The number of hydrogen-bond donors (Lipinski definition) is 1. The van der Waals surface area contributed by atoms with Crippen LogP contribution in [0, 0.1) is 17.0 Å². The topological polar surface area (TPSA) is 55.2 Å². The quantitative estimate of drug-likeness (QED) is 0.638. The first-order valence-electron chi connectivity index (χ1n) is 6.70. The molecule has 0 saturated carbocycles. The van der Waals surface area contributed by atoms with E-state index in [0.29, 0.717) is 6.54 Å². The molecular weight excluding hydrogens is 332 g/mol. The highest BCUT2D eigenvalue weighted by Crippen LogP contribution is 2.24. The Morgan fingerprint density at radius 3 is 2.62 bits per heavy atom. The van der Waals surface area contributed by atoms with Crippen LogP contribution in [0.1, 0.15) is 29.7 Å². The summed E-state index contributed by atoms with van der Waals surface area (Å²) in [5.74, 6) is 0. The van der Waals surface area contributed by atoms with Crippen LogP contribution in [0.3, 0.4) is 0 Å². The largest absolute Gasteiger partial charge is 0.306 e. The van der Waals surface area contributed by atoms with Crippen molar-refractivity contribution >= 4 is 21.6 Å². The maximum Gasteiger partial charge on any atom is 0.270 e. The van der Waals surface area contributed by atoms with Gasteiger partial charge in [0.1, 0.15) is 0 Å². The molecule has 1 atom stereocenters. The number of non-ortho nitro benzene ring substituents is 1. The Morgan fingerprint density at radius 1 is 1.29 bits per heavy atom. The van der Waals surface area contributed by atoms with E-state index in [1.807, 2.05) is 12.1 Å². The van der Waals surface area contributed by atoms with Gasteiger partial charge in [-0.15, -0.1) is 0 Å². The standard InChI is InChI=1S/C16H17BrN2O2/c1-11-5-3-4-6-15(11)12(2)18-10-13-7-8-14(19(20)21)9-16(13)17/h3-9,12,18H,10H2,1-2H3/t12-/m1/s1. The fraction of sp³-hybridized carbons (Fsp3) is 0.250. The first-order valence-corrected chi connectivity index (χ1v) is 7.50. The number of nitro benzene ring substituents is 1. The Morgan fingerprint density at radius 2 is 2.00 bits per heavy atom. The molecule has 0 aliphatic rings. The second-order valence-corrected chi connectivity index (χ2v) is 5.85. The number of nitrogens with zero attached hydrogens (tertiary/aromatic N) is 1. The normalized spacial score (nSPS) is 12.1. The van der Waals surface area contributed by atoms with E-state index < -0.39 is 4.92 Å². The van der Waals surface area contributed by atoms with Gasteiger partial charge >= 0.3 is 0 Å². The van der Waals surface area contributed by atoms with Crippen LogP contribution in [-0.4, -0.2) is 4.92 Å². The molecule has 2 aromatic carbocycles. The molecule has 2 rings (SSSR count). The summed E-state index contributed by atoms with van der Waals surface area (Å²) in [4.78, 5) is 10.3. The number of nitrogens with one attached hydrogen (secondary N) is 1. The number of nitro groups is 1. The summed E-state index contributed by atoms with van der Waals surface area (Å²) in [5, 5.41) is 14.2. The minimum Gasteiger partial charge on any atom is -0.306 e. The Bertz CT molecular complexity index is 658. The van der Waals surface area contributed by atoms with Gasteiger partial charge in [0.2, 0.25) is 0 Å². The summed E-state index contributed by atoms with van der Waals surface area (Å²) in [7, 11) is 0. The van der Waals surface area contributed by atoms with Crippen LogP contribution in [0.25, 0.3) is 0 Å². The molecule has 0 spiro atoms. The molecule has 0 radical (unpaired) electrons. The van der Waals surface area contributed by atoms with E-state index in [1.54, 1.807) is 6.07 Å². The zero-order valence-corrected chi connectivity index (χ0v) is 13.6. The van der Waals surface area contributed by atoms with Crippen molar-refractivity contribution in [3.63, 3.8) is 0 Å². The van der Waals surface area contributed by atoms with Gasteiger partial charge < -0.3 is 5.32 Å². The second kappa shape index (κ2) is 6.83. The lowest BCUT2D eigenvalue weighted by Crippen LogP contribution is -2.19. The Kier molecular flexibility index (Phi) is 5.09. The van der Waals surface area contributed by atoms with Gasteiger partial charge in [-0.1, -0.05) is 40.2 Å². The second-order valence-electron chi connectivity index (χ2n) is 4.99. The minimum atomic E-state index is -0.391. The number of halogens is 1. The number of hydrogen-bond acceptors (Lipinski definition) is 3. The van der Waals surface area contributed by atoms with Crippen LogP contribution in [0.2, 0.25) is 0 Å². The van der Waals surface area contributed by atoms with E-state index in [1.165, 1.54) is 23.3 Å². The molecule has 0 aliphatic heterocycles. The lowest BCUT2D eigenvalue weighted by Gasteiger charge is -2.17. The van der Waals surface area contributed by atoms with E-state index in [2.05, 4.69) is 47.2 Å². The summed E-state index contributed by atoms with van der Waals surface area (Å²) in [6, 6.07) is 13.3. The Labute approximate surface area is 132 Å². The Hall–Kier alpha value is -1.72. The van der Waals surface area contributed by atoms with Gasteiger partial charge in [0.25, 0.3) is 5.69 Å². The van der Waals surface area contributed by atoms with Crippen molar-refractivity contribution in [3.05, 3.63) is 73.7 Å². The third-order valence-electron chi connectivity index (χ3n) is 3.50. The van der Waals surface area contributed by atoms with Crippen molar-refractivity contribution in [2.75, 3.05) is 0 Å². The lowest BCUT2D eigenvalue weighted by molar-refractivity contribution is -0.384. The van der Waals surface area contributed by atoms with Gasteiger partial charge in [0.15, 0.2) is 0 Å². The fourth-order valence-electron chi connectivity index (χ4n) is 2.24. The smallest absolute Gasteiger partial charge is 0.270 e. The highest BCUT2D eigenvalue weighted by atomic mass is 79.9. The molecular formula is C16H17BrN2O2. The van der Waals surface area contributed by atoms with Crippen molar-refractivity contribution in [3.8, 4) is 0 Å². The van der Waals surface area contributed by atoms with Crippen LogP contribution in [-0.2, 0) is 6.54 Å². The van der Waals surface area contributed by atoms with E-state index >= 15 is 0 Å². The maximum absolute atomic E-state index is 10.7. The van der Waals surface area contributed by atoms with Crippen molar-refractivity contribution in [2.45, 2.75) is 26.4 Å². The van der Waals surface area contributed by atoms with Gasteiger partial charge in [0, 0.05) is 29.2 Å². The average molecular weight is 349 g/mol. The summed E-state index contributed by atoms with van der Waals surface area (Å²) >= 11 is 3.39. The van der Waals surface area contributed by atoms with Crippen LogP contribution in [0.15, 0.2) is 46.9 Å². The van der Waals surface area contributed by atoms with Crippen molar-refractivity contribution in [1.82, 2.24) is 5.32 Å². The average Bonchev–Trinajstić information content (AvgIpc) is 2.46. The fourth-order valence-corrected chi connectivity index (χ4v) is 2.75. The van der Waals surface area contributed by atoms with Crippen LogP contribution >= 0.6 is 15.9 Å². The molecule has 110 valence electrons. The van der Waals surface area contributed by atoms with E-state index in [4.69, 9.17) is 0 Å². The predicted molar refractivity (Wildman–Crippen MR) is 87.2 cm³/mol. The van der Waals surface area contributed by atoms with Gasteiger partial charge in [-0.05, 0) is 36.6 Å². The maximum atomic E-state index is 10.7. The van der Waals surface area contributed by atoms with Crippen LogP contribution in [0.5, 0.6) is 0 Å². The molecule has 0 heterocycles. The molecule has 21 heavy (non-hydrogen) atoms. The molecule has 5 heteroatoms. The summed E-state index contributed by atoms with van der Waals surface area (Å²) in [5.41, 5.74) is 3.61. The molecule has 1 N–H and O–H groups in total. The van der Waals surface area contributed by atoms with Gasteiger partial charge in [-0.2, -0.15) is 0 Å². The highest BCUT2D eigenvalue weighted by Gasteiger charge is 2.11.